The first-order valence-electron chi connectivity index (χ1n) is 7.03. The molecule has 0 N–H and O–H groups in total. The molecule has 3 heterocycles. The van der Waals surface area contributed by atoms with Crippen LogP contribution in [-0.2, 0) is 14.8 Å². The monoisotopic (exact) mass is 316 g/mol. The van der Waals surface area contributed by atoms with Gasteiger partial charge in [-0.15, -0.1) is 11.3 Å². The highest BCUT2D eigenvalue weighted by atomic mass is 32.2. The molecule has 5 nitrogen and oxygen atoms in total. The minimum atomic E-state index is -3.30. The standard InChI is InChI=1S/C13H20N2O3S2/c16-20(17,13-4-2-10-19-13)15-5-1-3-12(11-15)14-6-8-18-9-7-14/h2,4,10,12H,1,3,5-9,11H2. The normalized spacial score (nSPS) is 26.7. The van der Waals surface area contributed by atoms with Crippen LogP contribution < -0.4 is 0 Å². The van der Waals surface area contributed by atoms with Gasteiger partial charge in [0.25, 0.3) is 10.0 Å². The first-order valence-corrected chi connectivity index (χ1v) is 9.35. The molecular weight excluding hydrogens is 296 g/mol. The molecule has 2 aliphatic rings. The summed E-state index contributed by atoms with van der Waals surface area (Å²) < 4.78 is 32.6. The summed E-state index contributed by atoms with van der Waals surface area (Å²) in [5.41, 5.74) is 0. The minimum Gasteiger partial charge on any atom is -0.379 e. The third kappa shape index (κ3) is 2.92. The Kier molecular flexibility index (Phi) is 4.42. The van der Waals surface area contributed by atoms with Crippen molar-refractivity contribution in [3.05, 3.63) is 17.5 Å². The molecule has 7 heteroatoms. The van der Waals surface area contributed by atoms with Crippen molar-refractivity contribution in [2.24, 2.45) is 0 Å². The molecule has 1 aromatic heterocycles. The van der Waals surface area contributed by atoms with Crippen molar-refractivity contribution in [1.29, 1.82) is 0 Å². The summed E-state index contributed by atoms with van der Waals surface area (Å²) in [6, 6.07) is 3.82. The van der Waals surface area contributed by atoms with E-state index in [0.717, 1.165) is 39.1 Å². The highest BCUT2D eigenvalue weighted by molar-refractivity contribution is 7.91. The predicted molar refractivity (Wildman–Crippen MR) is 78.5 cm³/mol. The fourth-order valence-electron chi connectivity index (χ4n) is 2.92. The Bertz CT molecular complexity index is 524. The number of hydrogen-bond acceptors (Lipinski definition) is 5. The van der Waals surface area contributed by atoms with Crippen molar-refractivity contribution in [2.75, 3.05) is 39.4 Å². The van der Waals surface area contributed by atoms with Crippen LogP contribution in [0.15, 0.2) is 21.7 Å². The number of thiophene rings is 1. The molecule has 0 spiro atoms. The number of ether oxygens (including phenoxy) is 1. The van der Waals surface area contributed by atoms with Crippen molar-refractivity contribution in [3.8, 4) is 0 Å². The van der Waals surface area contributed by atoms with Crippen LogP contribution >= 0.6 is 11.3 Å². The predicted octanol–water partition coefficient (Wildman–Crippen LogP) is 1.23. The van der Waals surface area contributed by atoms with Gasteiger partial charge in [0, 0.05) is 32.2 Å². The molecule has 2 saturated heterocycles. The molecule has 20 heavy (non-hydrogen) atoms. The van der Waals surface area contributed by atoms with Gasteiger partial charge < -0.3 is 4.74 Å². The lowest BCUT2D eigenvalue weighted by Gasteiger charge is -2.40. The van der Waals surface area contributed by atoms with E-state index in [2.05, 4.69) is 4.90 Å². The van der Waals surface area contributed by atoms with E-state index in [1.54, 1.807) is 16.4 Å². The van der Waals surface area contributed by atoms with E-state index >= 15 is 0 Å². The van der Waals surface area contributed by atoms with Crippen LogP contribution in [0.2, 0.25) is 0 Å². The smallest absolute Gasteiger partial charge is 0.252 e. The summed E-state index contributed by atoms with van der Waals surface area (Å²) in [7, 11) is -3.30. The summed E-state index contributed by atoms with van der Waals surface area (Å²) in [6.07, 6.45) is 2.02. The average molecular weight is 316 g/mol. The summed E-state index contributed by atoms with van der Waals surface area (Å²) >= 11 is 1.30. The van der Waals surface area contributed by atoms with E-state index in [1.807, 2.05) is 5.38 Å². The summed E-state index contributed by atoms with van der Waals surface area (Å²) in [6.45, 7) is 4.60. The van der Waals surface area contributed by atoms with Gasteiger partial charge >= 0.3 is 0 Å². The zero-order chi connectivity index (χ0) is 14.0. The largest absolute Gasteiger partial charge is 0.379 e. The van der Waals surface area contributed by atoms with Gasteiger partial charge in [0.2, 0.25) is 0 Å². The number of nitrogens with zero attached hydrogens (tertiary/aromatic N) is 2. The summed E-state index contributed by atoms with van der Waals surface area (Å²) in [5.74, 6) is 0. The molecule has 0 amide bonds. The zero-order valence-corrected chi connectivity index (χ0v) is 13.0. The van der Waals surface area contributed by atoms with E-state index in [4.69, 9.17) is 4.74 Å². The third-order valence-electron chi connectivity index (χ3n) is 4.01. The summed E-state index contributed by atoms with van der Waals surface area (Å²) in [5, 5.41) is 1.82. The van der Waals surface area contributed by atoms with Crippen LogP contribution in [0.3, 0.4) is 0 Å². The average Bonchev–Trinajstić information content (AvgIpc) is 3.03. The van der Waals surface area contributed by atoms with Gasteiger partial charge in [-0.2, -0.15) is 4.31 Å². The molecule has 0 aliphatic carbocycles. The van der Waals surface area contributed by atoms with Gasteiger partial charge in [0.1, 0.15) is 4.21 Å². The quantitative estimate of drug-likeness (QED) is 0.842. The van der Waals surface area contributed by atoms with Crippen LogP contribution in [0.1, 0.15) is 12.8 Å². The SMILES string of the molecule is O=S(=O)(c1cccs1)N1CCCC(N2CCOCC2)C1. The maximum absolute atomic E-state index is 12.6. The molecule has 3 rings (SSSR count). The highest BCUT2D eigenvalue weighted by Crippen LogP contribution is 2.26. The van der Waals surface area contributed by atoms with Crippen molar-refractivity contribution in [2.45, 2.75) is 23.1 Å². The Hall–Kier alpha value is -0.470. The molecule has 0 bridgehead atoms. The van der Waals surface area contributed by atoms with Crippen molar-refractivity contribution < 1.29 is 13.2 Å². The van der Waals surface area contributed by atoms with E-state index in [9.17, 15) is 8.42 Å². The van der Waals surface area contributed by atoms with E-state index in [1.165, 1.54) is 11.3 Å². The van der Waals surface area contributed by atoms with E-state index < -0.39 is 10.0 Å². The van der Waals surface area contributed by atoms with Gasteiger partial charge in [-0.3, -0.25) is 4.90 Å². The van der Waals surface area contributed by atoms with Gasteiger partial charge in [-0.25, -0.2) is 8.42 Å². The lowest BCUT2D eigenvalue weighted by molar-refractivity contribution is 0.00539. The Balaban J connectivity index is 1.71. The molecule has 1 atom stereocenters. The second-order valence-corrected chi connectivity index (χ2v) is 8.35. The maximum Gasteiger partial charge on any atom is 0.252 e. The van der Waals surface area contributed by atoms with Crippen LogP contribution in [-0.4, -0.2) is 63.1 Å². The molecule has 0 radical (unpaired) electrons. The van der Waals surface area contributed by atoms with Crippen molar-refractivity contribution >= 4 is 21.4 Å². The van der Waals surface area contributed by atoms with Crippen LogP contribution in [0.4, 0.5) is 0 Å². The Labute approximate surface area is 124 Å². The first-order chi connectivity index (χ1) is 9.68. The lowest BCUT2D eigenvalue weighted by atomic mass is 10.1. The zero-order valence-electron chi connectivity index (χ0n) is 11.4. The van der Waals surface area contributed by atoms with Crippen LogP contribution in [0.5, 0.6) is 0 Å². The van der Waals surface area contributed by atoms with Crippen LogP contribution in [0, 0.1) is 0 Å². The molecule has 2 aliphatic heterocycles. The molecule has 1 aromatic rings. The number of sulfonamides is 1. The molecule has 0 aromatic carbocycles. The van der Waals surface area contributed by atoms with Gasteiger partial charge in [-0.05, 0) is 24.3 Å². The third-order valence-corrected chi connectivity index (χ3v) is 7.25. The number of rotatable bonds is 3. The fraction of sp³-hybridized carbons (Fsp3) is 0.692. The lowest BCUT2D eigenvalue weighted by Crippen LogP contribution is -2.52. The molecule has 0 saturated carbocycles. The van der Waals surface area contributed by atoms with Crippen molar-refractivity contribution in [3.63, 3.8) is 0 Å². The molecule has 112 valence electrons. The first kappa shape index (κ1) is 14.5. The van der Waals surface area contributed by atoms with Gasteiger partial charge in [0.05, 0.1) is 13.2 Å². The maximum atomic E-state index is 12.6. The number of hydrogen-bond donors (Lipinski definition) is 0. The summed E-state index contributed by atoms with van der Waals surface area (Å²) in [4.78, 5) is 2.37. The Morgan fingerprint density at radius 2 is 2.05 bits per heavy atom. The van der Waals surface area contributed by atoms with Gasteiger partial charge in [0.15, 0.2) is 0 Å². The topological polar surface area (TPSA) is 49.9 Å². The number of morpholine rings is 1. The second-order valence-electron chi connectivity index (χ2n) is 5.24. The fourth-order valence-corrected chi connectivity index (χ4v) is 5.58. The molecule has 2 fully saturated rings. The van der Waals surface area contributed by atoms with E-state index in [0.29, 0.717) is 23.3 Å². The highest BCUT2D eigenvalue weighted by Gasteiger charge is 2.33. The van der Waals surface area contributed by atoms with Gasteiger partial charge in [-0.1, -0.05) is 6.07 Å². The minimum absolute atomic E-state index is 0.336. The number of piperidine rings is 1. The molecular formula is C13H20N2O3S2. The Morgan fingerprint density at radius 3 is 2.75 bits per heavy atom. The Morgan fingerprint density at radius 1 is 1.25 bits per heavy atom. The molecule has 1 unspecified atom stereocenters. The van der Waals surface area contributed by atoms with Crippen molar-refractivity contribution in [1.82, 2.24) is 9.21 Å². The second kappa shape index (κ2) is 6.11. The van der Waals surface area contributed by atoms with E-state index in [-0.39, 0.29) is 0 Å². The van der Waals surface area contributed by atoms with Crippen LogP contribution in [0.25, 0.3) is 0 Å².